The van der Waals surface area contributed by atoms with Crippen LogP contribution in [0, 0.1) is 6.92 Å². The molecule has 0 aliphatic rings. The third-order valence-electron chi connectivity index (χ3n) is 1.86. The van der Waals surface area contributed by atoms with Gasteiger partial charge in [-0.15, -0.1) is 0 Å². The maximum Gasteiger partial charge on any atom is 0.121 e. The van der Waals surface area contributed by atoms with Crippen LogP contribution in [0.15, 0.2) is 18.2 Å². The second kappa shape index (κ2) is 4.41. The van der Waals surface area contributed by atoms with E-state index in [4.69, 9.17) is 4.74 Å². The van der Waals surface area contributed by atoms with E-state index in [2.05, 4.69) is 31.7 Å². The van der Waals surface area contributed by atoms with Gasteiger partial charge in [0.1, 0.15) is 5.75 Å². The molecule has 0 atom stereocenters. The summed E-state index contributed by atoms with van der Waals surface area (Å²) in [7, 11) is 1.70. The minimum absolute atomic E-state index is 0.895. The summed E-state index contributed by atoms with van der Waals surface area (Å²) in [5.41, 5.74) is 2.51. The minimum Gasteiger partial charge on any atom is -0.496 e. The van der Waals surface area contributed by atoms with E-state index in [1.807, 2.05) is 6.07 Å². The molecule has 1 rings (SSSR count). The van der Waals surface area contributed by atoms with E-state index in [1.165, 1.54) is 11.1 Å². The Kier molecular flexibility index (Phi) is 3.48. The fraction of sp³-hybridized carbons (Fsp3) is 0.400. The van der Waals surface area contributed by atoms with E-state index in [-0.39, 0.29) is 0 Å². The smallest absolute Gasteiger partial charge is 0.121 e. The van der Waals surface area contributed by atoms with E-state index < -0.39 is 0 Å². The lowest BCUT2D eigenvalue weighted by Gasteiger charge is -2.05. The first kappa shape index (κ1) is 9.46. The standard InChI is InChI=1S/C10H14OS/c1-8-7-9(5-6-12)3-4-10(8)11-2/h3-4,7,12H,5-6H2,1-2H3. The fourth-order valence-electron chi connectivity index (χ4n) is 1.23. The molecule has 0 unspecified atom stereocenters. The molecule has 1 aromatic rings. The fourth-order valence-corrected chi connectivity index (χ4v) is 1.48. The summed E-state index contributed by atoms with van der Waals surface area (Å²) in [5, 5.41) is 0. The van der Waals surface area contributed by atoms with Crippen LogP contribution in [0.3, 0.4) is 0 Å². The van der Waals surface area contributed by atoms with Gasteiger partial charge in [0.05, 0.1) is 7.11 Å². The lowest BCUT2D eigenvalue weighted by Crippen LogP contribution is -1.90. The van der Waals surface area contributed by atoms with Gasteiger partial charge in [-0.25, -0.2) is 0 Å². The molecule has 1 aromatic carbocycles. The highest BCUT2D eigenvalue weighted by Gasteiger charge is 1.98. The lowest BCUT2D eigenvalue weighted by atomic mass is 10.1. The van der Waals surface area contributed by atoms with Crippen LogP contribution in [-0.2, 0) is 6.42 Å². The highest BCUT2D eigenvalue weighted by molar-refractivity contribution is 7.80. The first-order valence-corrected chi connectivity index (χ1v) is 4.65. The van der Waals surface area contributed by atoms with Crippen molar-refractivity contribution in [2.24, 2.45) is 0 Å². The van der Waals surface area contributed by atoms with Crippen LogP contribution in [0.25, 0.3) is 0 Å². The Labute approximate surface area is 79.2 Å². The molecule has 0 aliphatic heterocycles. The monoisotopic (exact) mass is 182 g/mol. The third-order valence-corrected chi connectivity index (χ3v) is 2.08. The molecule has 0 radical (unpaired) electrons. The van der Waals surface area contributed by atoms with Crippen molar-refractivity contribution < 1.29 is 4.74 Å². The zero-order chi connectivity index (χ0) is 8.97. The van der Waals surface area contributed by atoms with Crippen molar-refractivity contribution in [3.8, 4) is 5.75 Å². The van der Waals surface area contributed by atoms with Gasteiger partial charge in [-0.2, -0.15) is 12.6 Å². The summed E-state index contributed by atoms with van der Waals surface area (Å²) in [6.45, 7) is 2.06. The average Bonchev–Trinajstić information content (AvgIpc) is 2.05. The minimum atomic E-state index is 0.895. The number of rotatable bonds is 3. The van der Waals surface area contributed by atoms with Crippen molar-refractivity contribution in [1.29, 1.82) is 0 Å². The Morgan fingerprint density at radius 3 is 2.67 bits per heavy atom. The highest BCUT2D eigenvalue weighted by atomic mass is 32.1. The van der Waals surface area contributed by atoms with Gasteiger partial charge in [-0.3, -0.25) is 0 Å². The number of aryl methyl sites for hydroxylation is 2. The zero-order valence-electron chi connectivity index (χ0n) is 7.50. The SMILES string of the molecule is COc1ccc(CCS)cc1C. The van der Waals surface area contributed by atoms with E-state index in [9.17, 15) is 0 Å². The van der Waals surface area contributed by atoms with Crippen molar-refractivity contribution in [3.05, 3.63) is 29.3 Å². The molecule has 1 nitrogen and oxygen atoms in total. The number of methoxy groups -OCH3 is 1. The second-order valence-corrected chi connectivity index (χ2v) is 3.22. The maximum atomic E-state index is 5.16. The van der Waals surface area contributed by atoms with Crippen LogP contribution in [0.5, 0.6) is 5.75 Å². The largest absolute Gasteiger partial charge is 0.496 e. The molecule has 0 saturated heterocycles. The predicted octanol–water partition coefficient (Wildman–Crippen LogP) is 2.48. The molecule has 0 heterocycles. The summed E-state index contributed by atoms with van der Waals surface area (Å²) < 4.78 is 5.16. The van der Waals surface area contributed by atoms with Crippen LogP contribution in [0.4, 0.5) is 0 Å². The van der Waals surface area contributed by atoms with Crippen LogP contribution in [-0.4, -0.2) is 12.9 Å². The van der Waals surface area contributed by atoms with E-state index in [1.54, 1.807) is 7.11 Å². The van der Waals surface area contributed by atoms with Gasteiger partial charge >= 0.3 is 0 Å². The summed E-state index contributed by atoms with van der Waals surface area (Å²) >= 11 is 4.18. The van der Waals surface area contributed by atoms with Gasteiger partial charge in [0.2, 0.25) is 0 Å². The Bertz CT molecular complexity index is 258. The highest BCUT2D eigenvalue weighted by Crippen LogP contribution is 2.18. The van der Waals surface area contributed by atoms with Crippen LogP contribution >= 0.6 is 12.6 Å². The van der Waals surface area contributed by atoms with Crippen molar-refractivity contribution in [2.75, 3.05) is 12.9 Å². The molecule has 0 fully saturated rings. The molecule has 0 bridgehead atoms. The number of hydrogen-bond donors (Lipinski definition) is 1. The van der Waals surface area contributed by atoms with Gasteiger partial charge in [-0.1, -0.05) is 12.1 Å². The first-order chi connectivity index (χ1) is 5.77. The topological polar surface area (TPSA) is 9.23 Å². The summed E-state index contributed by atoms with van der Waals surface area (Å²) in [4.78, 5) is 0. The van der Waals surface area contributed by atoms with Crippen LogP contribution in [0.1, 0.15) is 11.1 Å². The summed E-state index contributed by atoms with van der Waals surface area (Å²) in [6, 6.07) is 6.24. The first-order valence-electron chi connectivity index (χ1n) is 4.02. The van der Waals surface area contributed by atoms with Crippen molar-refractivity contribution in [1.82, 2.24) is 0 Å². The number of benzene rings is 1. The lowest BCUT2D eigenvalue weighted by molar-refractivity contribution is 0.411. The maximum absolute atomic E-state index is 5.16. The zero-order valence-corrected chi connectivity index (χ0v) is 8.40. The van der Waals surface area contributed by atoms with Crippen molar-refractivity contribution in [2.45, 2.75) is 13.3 Å². The molecular formula is C10H14OS. The molecule has 0 spiro atoms. The van der Waals surface area contributed by atoms with Crippen molar-refractivity contribution >= 4 is 12.6 Å². The van der Waals surface area contributed by atoms with E-state index in [0.29, 0.717) is 0 Å². The summed E-state index contributed by atoms with van der Waals surface area (Å²) in [5.74, 6) is 1.85. The molecule has 0 aliphatic carbocycles. The Morgan fingerprint density at radius 1 is 1.42 bits per heavy atom. The van der Waals surface area contributed by atoms with Gasteiger partial charge in [0.15, 0.2) is 0 Å². The third kappa shape index (κ3) is 2.18. The molecule has 2 heteroatoms. The number of thiol groups is 1. The predicted molar refractivity (Wildman–Crippen MR) is 55.3 cm³/mol. The molecule has 0 saturated carbocycles. The van der Waals surface area contributed by atoms with Gasteiger partial charge in [0.25, 0.3) is 0 Å². The molecule has 0 amide bonds. The number of ether oxygens (including phenoxy) is 1. The second-order valence-electron chi connectivity index (χ2n) is 2.78. The van der Waals surface area contributed by atoms with Crippen LogP contribution < -0.4 is 4.74 Å². The van der Waals surface area contributed by atoms with Gasteiger partial charge in [-0.05, 0) is 36.3 Å². The average molecular weight is 182 g/mol. The summed E-state index contributed by atoms with van der Waals surface area (Å²) in [6.07, 6.45) is 1.02. The quantitative estimate of drug-likeness (QED) is 0.707. The molecule has 0 N–H and O–H groups in total. The number of hydrogen-bond acceptors (Lipinski definition) is 2. The van der Waals surface area contributed by atoms with Gasteiger partial charge in [0, 0.05) is 0 Å². The van der Waals surface area contributed by atoms with Crippen LogP contribution in [0.2, 0.25) is 0 Å². The Hall–Kier alpha value is -0.630. The van der Waals surface area contributed by atoms with E-state index >= 15 is 0 Å². The molecule has 12 heavy (non-hydrogen) atoms. The Morgan fingerprint density at radius 2 is 2.17 bits per heavy atom. The molecular weight excluding hydrogens is 168 g/mol. The van der Waals surface area contributed by atoms with Gasteiger partial charge < -0.3 is 4.74 Å². The molecule has 0 aromatic heterocycles. The van der Waals surface area contributed by atoms with E-state index in [0.717, 1.165) is 17.9 Å². The van der Waals surface area contributed by atoms with Crippen molar-refractivity contribution in [3.63, 3.8) is 0 Å². The Balaban J connectivity index is 2.86. The molecule has 66 valence electrons. The normalized spacial score (nSPS) is 9.92.